The van der Waals surface area contributed by atoms with E-state index in [-0.39, 0.29) is 0 Å². The number of hydrogen-bond donors (Lipinski definition) is 1. The van der Waals surface area contributed by atoms with Gasteiger partial charge in [0, 0.05) is 31.0 Å². The van der Waals surface area contributed by atoms with Crippen LogP contribution in [0.3, 0.4) is 0 Å². The molecule has 0 saturated heterocycles. The summed E-state index contributed by atoms with van der Waals surface area (Å²) in [5, 5.41) is 7.92. The second-order valence-electron chi connectivity index (χ2n) is 4.95. The Morgan fingerprint density at radius 2 is 1.95 bits per heavy atom. The van der Waals surface area contributed by atoms with E-state index in [4.69, 9.17) is 4.74 Å². The van der Waals surface area contributed by atoms with E-state index in [1.165, 1.54) is 5.56 Å². The Morgan fingerprint density at radius 1 is 1.26 bits per heavy atom. The topological polar surface area (TPSA) is 39.1 Å². The molecule has 4 nitrogen and oxygen atoms in total. The number of rotatable bonds is 5. The monoisotopic (exact) mass is 259 g/mol. The van der Waals surface area contributed by atoms with Crippen molar-refractivity contribution >= 4 is 5.69 Å². The SMILES string of the molecule is COc1ccc(NCc2cn(C)nc2C(C)C)cc1. The van der Waals surface area contributed by atoms with Crippen LogP contribution in [0.25, 0.3) is 0 Å². The first-order chi connectivity index (χ1) is 9.10. The lowest BCUT2D eigenvalue weighted by Gasteiger charge is -2.08. The van der Waals surface area contributed by atoms with Crippen molar-refractivity contribution in [2.24, 2.45) is 7.05 Å². The molecule has 0 saturated carbocycles. The van der Waals surface area contributed by atoms with Crippen LogP contribution in [0.5, 0.6) is 5.75 Å². The molecular formula is C15H21N3O. The van der Waals surface area contributed by atoms with Crippen LogP contribution < -0.4 is 10.1 Å². The predicted octanol–water partition coefficient (Wildman–Crippen LogP) is 3.16. The number of nitrogens with one attached hydrogen (secondary N) is 1. The maximum absolute atomic E-state index is 5.14. The first-order valence-electron chi connectivity index (χ1n) is 6.50. The lowest BCUT2D eigenvalue weighted by molar-refractivity contribution is 0.415. The van der Waals surface area contributed by atoms with Crippen LogP contribution in [0.2, 0.25) is 0 Å². The molecule has 0 aliphatic rings. The molecule has 1 heterocycles. The molecule has 2 rings (SSSR count). The standard InChI is InChI=1S/C15H21N3O/c1-11(2)15-12(10-18(3)17-15)9-16-13-5-7-14(19-4)8-6-13/h5-8,10-11,16H,9H2,1-4H3. The predicted molar refractivity (Wildman–Crippen MR) is 77.6 cm³/mol. The first kappa shape index (κ1) is 13.5. The normalized spacial score (nSPS) is 10.8. The summed E-state index contributed by atoms with van der Waals surface area (Å²) in [7, 11) is 3.63. The Labute approximate surface area is 114 Å². The van der Waals surface area contributed by atoms with Crippen molar-refractivity contribution < 1.29 is 4.74 Å². The highest BCUT2D eigenvalue weighted by Crippen LogP contribution is 2.20. The van der Waals surface area contributed by atoms with E-state index in [0.717, 1.165) is 23.7 Å². The van der Waals surface area contributed by atoms with Gasteiger partial charge < -0.3 is 10.1 Å². The summed E-state index contributed by atoms with van der Waals surface area (Å²) in [4.78, 5) is 0. The molecule has 0 radical (unpaired) electrons. The van der Waals surface area contributed by atoms with Gasteiger partial charge in [0.25, 0.3) is 0 Å². The molecular weight excluding hydrogens is 238 g/mol. The van der Waals surface area contributed by atoms with Crippen LogP contribution in [0.1, 0.15) is 31.0 Å². The molecule has 1 aromatic carbocycles. The number of aryl methyl sites for hydroxylation is 1. The summed E-state index contributed by atoms with van der Waals surface area (Å²) in [6.07, 6.45) is 2.08. The molecule has 1 aromatic heterocycles. The quantitative estimate of drug-likeness (QED) is 0.896. The molecule has 102 valence electrons. The Kier molecular flexibility index (Phi) is 4.10. The van der Waals surface area contributed by atoms with Crippen molar-refractivity contribution in [3.63, 3.8) is 0 Å². The van der Waals surface area contributed by atoms with Gasteiger partial charge in [-0.2, -0.15) is 5.10 Å². The van der Waals surface area contributed by atoms with Crippen molar-refractivity contribution in [1.29, 1.82) is 0 Å². The van der Waals surface area contributed by atoms with Gasteiger partial charge in [-0.1, -0.05) is 13.8 Å². The maximum Gasteiger partial charge on any atom is 0.119 e. The molecule has 0 atom stereocenters. The average Bonchev–Trinajstić information content (AvgIpc) is 2.78. The third-order valence-electron chi connectivity index (χ3n) is 3.06. The molecule has 19 heavy (non-hydrogen) atoms. The van der Waals surface area contributed by atoms with E-state index in [1.807, 2.05) is 36.0 Å². The van der Waals surface area contributed by atoms with Gasteiger partial charge in [-0.25, -0.2) is 0 Å². The van der Waals surface area contributed by atoms with Gasteiger partial charge in [-0.05, 0) is 30.2 Å². The zero-order valence-corrected chi connectivity index (χ0v) is 12.0. The summed E-state index contributed by atoms with van der Waals surface area (Å²) in [5.74, 6) is 1.31. The largest absolute Gasteiger partial charge is 0.497 e. The number of methoxy groups -OCH3 is 1. The van der Waals surface area contributed by atoms with Gasteiger partial charge in [0.2, 0.25) is 0 Å². The molecule has 0 amide bonds. The maximum atomic E-state index is 5.14. The van der Waals surface area contributed by atoms with Crippen molar-refractivity contribution in [3.05, 3.63) is 41.7 Å². The van der Waals surface area contributed by atoms with Gasteiger partial charge in [0.15, 0.2) is 0 Å². The number of ether oxygens (including phenoxy) is 1. The summed E-state index contributed by atoms with van der Waals surface area (Å²) in [6.45, 7) is 5.12. The van der Waals surface area contributed by atoms with E-state index >= 15 is 0 Å². The molecule has 0 bridgehead atoms. The highest BCUT2D eigenvalue weighted by molar-refractivity contribution is 5.47. The van der Waals surface area contributed by atoms with Crippen LogP contribution in [0, 0.1) is 0 Å². The Hall–Kier alpha value is -1.97. The number of aromatic nitrogens is 2. The fourth-order valence-corrected chi connectivity index (χ4v) is 2.08. The van der Waals surface area contributed by atoms with Crippen LogP contribution in [-0.4, -0.2) is 16.9 Å². The second kappa shape index (κ2) is 5.78. The van der Waals surface area contributed by atoms with Gasteiger partial charge in [-0.3, -0.25) is 4.68 Å². The minimum Gasteiger partial charge on any atom is -0.497 e. The van der Waals surface area contributed by atoms with Crippen molar-refractivity contribution in [1.82, 2.24) is 9.78 Å². The Morgan fingerprint density at radius 3 is 2.53 bits per heavy atom. The average molecular weight is 259 g/mol. The van der Waals surface area contributed by atoms with Crippen LogP contribution in [-0.2, 0) is 13.6 Å². The van der Waals surface area contributed by atoms with E-state index in [2.05, 4.69) is 30.5 Å². The molecule has 0 fully saturated rings. The van der Waals surface area contributed by atoms with Gasteiger partial charge >= 0.3 is 0 Å². The Balaban J connectivity index is 2.05. The van der Waals surface area contributed by atoms with E-state index in [0.29, 0.717) is 5.92 Å². The summed E-state index contributed by atoms with van der Waals surface area (Å²) in [5.41, 5.74) is 3.48. The Bertz CT molecular complexity index is 529. The van der Waals surface area contributed by atoms with Crippen molar-refractivity contribution in [2.45, 2.75) is 26.3 Å². The molecule has 0 aliphatic heterocycles. The first-order valence-corrected chi connectivity index (χ1v) is 6.50. The smallest absolute Gasteiger partial charge is 0.119 e. The van der Waals surface area contributed by atoms with Gasteiger partial charge in [0.05, 0.1) is 12.8 Å². The third-order valence-corrected chi connectivity index (χ3v) is 3.06. The molecule has 1 N–H and O–H groups in total. The minimum atomic E-state index is 0.439. The number of anilines is 1. The van der Waals surface area contributed by atoms with E-state index in [1.54, 1.807) is 7.11 Å². The number of hydrogen-bond acceptors (Lipinski definition) is 3. The highest BCUT2D eigenvalue weighted by Gasteiger charge is 2.10. The van der Waals surface area contributed by atoms with Crippen LogP contribution >= 0.6 is 0 Å². The summed E-state index contributed by atoms with van der Waals surface area (Å²) >= 11 is 0. The summed E-state index contributed by atoms with van der Waals surface area (Å²) < 4.78 is 7.02. The van der Waals surface area contributed by atoms with E-state index in [9.17, 15) is 0 Å². The second-order valence-corrected chi connectivity index (χ2v) is 4.95. The van der Waals surface area contributed by atoms with Crippen LogP contribution in [0.15, 0.2) is 30.5 Å². The number of nitrogens with zero attached hydrogens (tertiary/aromatic N) is 2. The molecule has 4 heteroatoms. The zero-order valence-electron chi connectivity index (χ0n) is 12.0. The van der Waals surface area contributed by atoms with Gasteiger partial charge in [0.1, 0.15) is 5.75 Å². The van der Waals surface area contributed by atoms with Gasteiger partial charge in [-0.15, -0.1) is 0 Å². The van der Waals surface area contributed by atoms with E-state index < -0.39 is 0 Å². The third kappa shape index (κ3) is 3.28. The molecule has 0 spiro atoms. The fraction of sp³-hybridized carbons (Fsp3) is 0.400. The van der Waals surface area contributed by atoms with Crippen LogP contribution in [0.4, 0.5) is 5.69 Å². The molecule has 2 aromatic rings. The van der Waals surface area contributed by atoms with Crippen molar-refractivity contribution in [2.75, 3.05) is 12.4 Å². The fourth-order valence-electron chi connectivity index (χ4n) is 2.08. The van der Waals surface area contributed by atoms with Crippen molar-refractivity contribution in [3.8, 4) is 5.75 Å². The lowest BCUT2D eigenvalue weighted by atomic mass is 10.1. The summed E-state index contributed by atoms with van der Waals surface area (Å²) in [6, 6.07) is 7.94. The lowest BCUT2D eigenvalue weighted by Crippen LogP contribution is -2.02. The number of benzene rings is 1. The highest BCUT2D eigenvalue weighted by atomic mass is 16.5. The molecule has 0 unspecified atom stereocenters. The molecule has 0 aliphatic carbocycles. The zero-order chi connectivity index (χ0) is 13.8. The minimum absolute atomic E-state index is 0.439.